The minimum absolute atomic E-state index is 0.608. The molecule has 0 aliphatic carbocycles. The number of anilines is 3. The smallest absolute Gasteiger partial charge is 0.149 e. The van der Waals surface area contributed by atoms with Crippen LogP contribution in [-0.4, -0.2) is 39.8 Å². The number of imidazole rings is 1. The van der Waals surface area contributed by atoms with Gasteiger partial charge in [-0.3, -0.25) is 0 Å². The minimum atomic E-state index is 0.608. The second-order valence-corrected chi connectivity index (χ2v) is 8.10. The molecule has 0 aliphatic rings. The van der Waals surface area contributed by atoms with Gasteiger partial charge in [0.2, 0.25) is 0 Å². The van der Waals surface area contributed by atoms with Crippen molar-refractivity contribution in [3.63, 3.8) is 0 Å². The predicted molar refractivity (Wildman–Crippen MR) is 130 cm³/mol. The van der Waals surface area contributed by atoms with Crippen LogP contribution in [0, 0.1) is 10.5 Å². The van der Waals surface area contributed by atoms with E-state index in [1.165, 1.54) is 6.33 Å². The first kappa shape index (κ1) is 21.3. The number of ether oxygens (including phenoxy) is 2. The topological polar surface area (TPSA) is 86.1 Å². The van der Waals surface area contributed by atoms with E-state index < -0.39 is 0 Å². The summed E-state index contributed by atoms with van der Waals surface area (Å²) in [6, 6.07) is 11.9. The highest BCUT2D eigenvalue weighted by molar-refractivity contribution is 14.1. The SMILES string of the molecule is COCCNc1ncnc(Nc2ccc(Oc3ccc4c(c3)ncn4C)c(C)c2)c1I. The molecule has 0 saturated heterocycles. The fourth-order valence-corrected chi connectivity index (χ4v) is 3.74. The quantitative estimate of drug-likeness (QED) is 0.248. The van der Waals surface area contributed by atoms with Gasteiger partial charge in [-0.25, -0.2) is 15.0 Å². The summed E-state index contributed by atoms with van der Waals surface area (Å²) in [5.74, 6) is 3.06. The van der Waals surface area contributed by atoms with Crippen LogP contribution >= 0.6 is 22.6 Å². The molecule has 4 rings (SSSR count). The fraction of sp³-hybridized carbons (Fsp3) is 0.227. The lowest BCUT2D eigenvalue weighted by Gasteiger charge is -2.14. The first-order valence-corrected chi connectivity index (χ1v) is 10.8. The van der Waals surface area contributed by atoms with Gasteiger partial charge in [0.05, 0.1) is 27.5 Å². The van der Waals surface area contributed by atoms with Crippen LogP contribution in [0.1, 0.15) is 5.56 Å². The molecule has 0 aliphatic heterocycles. The van der Waals surface area contributed by atoms with Gasteiger partial charge in [0.1, 0.15) is 29.5 Å². The summed E-state index contributed by atoms with van der Waals surface area (Å²) in [6.45, 7) is 3.30. The van der Waals surface area contributed by atoms with Crippen LogP contribution < -0.4 is 15.4 Å². The van der Waals surface area contributed by atoms with Crippen LogP contribution in [0.3, 0.4) is 0 Å². The molecule has 8 nitrogen and oxygen atoms in total. The maximum Gasteiger partial charge on any atom is 0.149 e. The van der Waals surface area contributed by atoms with Crippen LogP contribution in [0.5, 0.6) is 11.5 Å². The van der Waals surface area contributed by atoms with Crippen molar-refractivity contribution < 1.29 is 9.47 Å². The van der Waals surface area contributed by atoms with Crippen molar-refractivity contribution in [3.05, 3.63) is 58.2 Å². The highest BCUT2D eigenvalue weighted by Crippen LogP contribution is 2.31. The predicted octanol–water partition coefficient (Wildman–Crippen LogP) is 4.87. The van der Waals surface area contributed by atoms with Gasteiger partial charge >= 0.3 is 0 Å². The molecule has 2 N–H and O–H groups in total. The third-order valence-corrected chi connectivity index (χ3v) is 5.77. The van der Waals surface area contributed by atoms with E-state index in [1.54, 1.807) is 13.4 Å². The molecule has 0 fully saturated rings. The van der Waals surface area contributed by atoms with Gasteiger partial charge in [0.15, 0.2) is 0 Å². The van der Waals surface area contributed by atoms with Crippen molar-refractivity contribution in [3.8, 4) is 11.5 Å². The zero-order chi connectivity index (χ0) is 21.8. The lowest BCUT2D eigenvalue weighted by molar-refractivity contribution is 0.210. The van der Waals surface area contributed by atoms with E-state index in [0.29, 0.717) is 13.2 Å². The van der Waals surface area contributed by atoms with Crippen molar-refractivity contribution in [2.45, 2.75) is 6.92 Å². The Labute approximate surface area is 194 Å². The number of fused-ring (bicyclic) bond motifs is 1. The van der Waals surface area contributed by atoms with E-state index in [4.69, 9.17) is 9.47 Å². The van der Waals surface area contributed by atoms with E-state index in [-0.39, 0.29) is 0 Å². The first-order chi connectivity index (χ1) is 15.0. The van der Waals surface area contributed by atoms with E-state index in [9.17, 15) is 0 Å². The second-order valence-electron chi connectivity index (χ2n) is 7.02. The van der Waals surface area contributed by atoms with Gasteiger partial charge in [-0.15, -0.1) is 0 Å². The summed E-state index contributed by atoms with van der Waals surface area (Å²) in [5.41, 5.74) is 3.90. The third kappa shape index (κ3) is 4.88. The Bertz CT molecular complexity index is 1210. The summed E-state index contributed by atoms with van der Waals surface area (Å²) in [5, 5.41) is 6.62. The highest BCUT2D eigenvalue weighted by atomic mass is 127. The molecule has 9 heteroatoms. The largest absolute Gasteiger partial charge is 0.457 e. The summed E-state index contributed by atoms with van der Waals surface area (Å²) in [4.78, 5) is 13.1. The fourth-order valence-electron chi connectivity index (χ4n) is 3.14. The van der Waals surface area contributed by atoms with Crippen LogP contribution in [0.15, 0.2) is 49.1 Å². The number of hydrogen-bond donors (Lipinski definition) is 2. The Morgan fingerprint density at radius 2 is 1.90 bits per heavy atom. The van der Waals surface area contributed by atoms with Crippen molar-refractivity contribution in [2.24, 2.45) is 7.05 Å². The summed E-state index contributed by atoms with van der Waals surface area (Å²) in [7, 11) is 3.65. The number of nitrogens with zero attached hydrogens (tertiary/aromatic N) is 4. The maximum absolute atomic E-state index is 6.10. The number of hydrogen-bond acceptors (Lipinski definition) is 7. The summed E-state index contributed by atoms with van der Waals surface area (Å²) < 4.78 is 14.1. The summed E-state index contributed by atoms with van der Waals surface area (Å²) in [6.07, 6.45) is 3.34. The standard InChI is InChI=1S/C22H23IN6O2/c1-14-10-15(28-22-20(23)21(25-12-26-22)24-8-9-30-3)4-7-19(14)31-16-5-6-18-17(11-16)27-13-29(18)2/h4-7,10-13H,8-9H2,1-3H3,(H2,24,25,26,28). The lowest BCUT2D eigenvalue weighted by atomic mass is 10.2. The molecule has 0 spiro atoms. The van der Waals surface area contributed by atoms with Crippen molar-refractivity contribution >= 4 is 50.9 Å². The molecule has 0 bridgehead atoms. The number of aromatic nitrogens is 4. The van der Waals surface area contributed by atoms with Crippen molar-refractivity contribution in [1.82, 2.24) is 19.5 Å². The average Bonchev–Trinajstić information content (AvgIpc) is 3.13. The number of aryl methyl sites for hydroxylation is 2. The molecule has 2 heterocycles. The van der Waals surface area contributed by atoms with Gasteiger partial charge in [-0.05, 0) is 65.4 Å². The molecule has 160 valence electrons. The van der Waals surface area contributed by atoms with E-state index >= 15 is 0 Å². The number of methoxy groups -OCH3 is 1. The Morgan fingerprint density at radius 3 is 2.71 bits per heavy atom. The van der Waals surface area contributed by atoms with E-state index in [0.717, 1.165) is 49.0 Å². The number of rotatable bonds is 8. The molecule has 0 saturated carbocycles. The average molecular weight is 530 g/mol. The first-order valence-electron chi connectivity index (χ1n) is 9.75. The molecule has 0 amide bonds. The Kier molecular flexibility index (Phi) is 6.52. The highest BCUT2D eigenvalue weighted by Gasteiger charge is 2.10. The van der Waals surface area contributed by atoms with Gasteiger partial charge in [0, 0.05) is 32.5 Å². The van der Waals surface area contributed by atoms with Crippen molar-refractivity contribution in [1.29, 1.82) is 0 Å². The van der Waals surface area contributed by atoms with Crippen molar-refractivity contribution in [2.75, 3.05) is 30.9 Å². The Morgan fingerprint density at radius 1 is 1.06 bits per heavy atom. The molecule has 0 unspecified atom stereocenters. The number of nitrogens with one attached hydrogen (secondary N) is 2. The molecule has 2 aromatic heterocycles. The Hall–Kier alpha value is -2.92. The second kappa shape index (κ2) is 9.48. The van der Waals surface area contributed by atoms with Gasteiger partial charge in [0.25, 0.3) is 0 Å². The molecule has 0 atom stereocenters. The van der Waals surface area contributed by atoms with Crippen LogP contribution in [0.4, 0.5) is 17.3 Å². The maximum atomic E-state index is 6.10. The minimum Gasteiger partial charge on any atom is -0.457 e. The van der Waals surface area contributed by atoms with Crippen LogP contribution in [0.2, 0.25) is 0 Å². The monoisotopic (exact) mass is 530 g/mol. The van der Waals surface area contributed by atoms with E-state index in [2.05, 4.69) is 48.2 Å². The lowest BCUT2D eigenvalue weighted by Crippen LogP contribution is -2.11. The molecule has 2 aromatic carbocycles. The van der Waals surface area contributed by atoms with Gasteiger partial charge < -0.3 is 24.7 Å². The molecule has 0 radical (unpaired) electrons. The zero-order valence-corrected chi connectivity index (χ0v) is 19.7. The zero-order valence-electron chi connectivity index (χ0n) is 17.5. The van der Waals surface area contributed by atoms with Gasteiger partial charge in [-0.1, -0.05) is 0 Å². The molecule has 31 heavy (non-hydrogen) atoms. The Balaban J connectivity index is 1.49. The third-order valence-electron chi connectivity index (χ3n) is 4.75. The molecule has 4 aromatic rings. The van der Waals surface area contributed by atoms with Gasteiger partial charge in [-0.2, -0.15) is 0 Å². The summed E-state index contributed by atoms with van der Waals surface area (Å²) >= 11 is 2.24. The number of halogens is 1. The molecular weight excluding hydrogens is 507 g/mol. The number of benzene rings is 2. The molecular formula is C22H23IN6O2. The van der Waals surface area contributed by atoms with Crippen LogP contribution in [-0.2, 0) is 11.8 Å². The van der Waals surface area contributed by atoms with Crippen LogP contribution in [0.25, 0.3) is 11.0 Å². The normalized spacial score (nSPS) is 11.0. The van der Waals surface area contributed by atoms with E-state index in [1.807, 2.05) is 54.9 Å².